The molecule has 0 amide bonds. The van der Waals surface area contributed by atoms with Crippen LogP contribution in [0.1, 0.15) is 45.2 Å². The number of hydrogen-bond donors (Lipinski definition) is 1. The van der Waals surface area contributed by atoms with Gasteiger partial charge in [0.2, 0.25) is 0 Å². The van der Waals surface area contributed by atoms with Crippen molar-refractivity contribution in [3.8, 4) is 0 Å². The molecule has 2 rings (SSSR count). The Labute approximate surface area is 115 Å². The Morgan fingerprint density at radius 1 is 1.33 bits per heavy atom. The zero-order valence-electron chi connectivity index (χ0n) is 11.5. The van der Waals surface area contributed by atoms with E-state index >= 15 is 0 Å². The quantitative estimate of drug-likeness (QED) is 0.897. The Bertz CT molecular complexity index is 415. The van der Waals surface area contributed by atoms with Gasteiger partial charge in [-0.3, -0.25) is 0 Å². The average Bonchev–Trinajstić information content (AvgIpc) is 2.77. The highest BCUT2D eigenvalue weighted by atomic mass is 35.5. The van der Waals surface area contributed by atoms with E-state index in [1.165, 1.54) is 12.8 Å². The molecule has 0 bridgehead atoms. The van der Waals surface area contributed by atoms with E-state index in [0.717, 1.165) is 22.8 Å². The van der Waals surface area contributed by atoms with Gasteiger partial charge in [0.15, 0.2) is 0 Å². The van der Waals surface area contributed by atoms with E-state index in [2.05, 4.69) is 30.9 Å². The maximum absolute atomic E-state index is 6.43. The van der Waals surface area contributed by atoms with E-state index in [1.54, 1.807) is 0 Å². The van der Waals surface area contributed by atoms with Crippen molar-refractivity contribution < 1.29 is 0 Å². The minimum Gasteiger partial charge on any atom is -0.367 e. The Kier molecular flexibility index (Phi) is 4.18. The molecule has 1 aliphatic rings. The molecule has 18 heavy (non-hydrogen) atoms. The van der Waals surface area contributed by atoms with Crippen LogP contribution in [0.15, 0.2) is 18.2 Å². The van der Waals surface area contributed by atoms with Gasteiger partial charge in [-0.05, 0) is 43.4 Å². The molecule has 0 radical (unpaired) electrons. The van der Waals surface area contributed by atoms with Gasteiger partial charge in [-0.15, -0.1) is 0 Å². The second-order valence-electron chi connectivity index (χ2n) is 5.65. The van der Waals surface area contributed by atoms with Gasteiger partial charge >= 0.3 is 0 Å². The third-order valence-corrected chi connectivity index (χ3v) is 4.18. The van der Waals surface area contributed by atoms with Gasteiger partial charge in [0, 0.05) is 18.6 Å². The fraction of sp³-hybridized carbons (Fsp3) is 0.600. The normalized spacial score (nSPS) is 21.7. The van der Waals surface area contributed by atoms with Crippen molar-refractivity contribution in [3.05, 3.63) is 28.8 Å². The molecule has 0 aromatic heterocycles. The number of nitrogens with two attached hydrogens (primary N) is 1. The molecule has 1 unspecified atom stereocenters. The lowest BCUT2D eigenvalue weighted by Crippen LogP contribution is -2.33. The summed E-state index contributed by atoms with van der Waals surface area (Å²) in [5.41, 5.74) is 8.15. The zero-order chi connectivity index (χ0) is 13.3. The van der Waals surface area contributed by atoms with Gasteiger partial charge in [0.25, 0.3) is 0 Å². The molecule has 1 aliphatic heterocycles. The maximum Gasteiger partial charge on any atom is 0.0642 e. The summed E-state index contributed by atoms with van der Waals surface area (Å²) in [7, 11) is 0. The number of hydrogen-bond acceptors (Lipinski definition) is 2. The van der Waals surface area contributed by atoms with Crippen LogP contribution >= 0.6 is 11.6 Å². The summed E-state index contributed by atoms with van der Waals surface area (Å²) in [4.78, 5) is 2.46. The molecule has 2 atom stereocenters. The van der Waals surface area contributed by atoms with Crippen molar-refractivity contribution in [3.63, 3.8) is 0 Å². The third kappa shape index (κ3) is 2.65. The maximum atomic E-state index is 6.43. The van der Waals surface area contributed by atoms with E-state index < -0.39 is 0 Å². The van der Waals surface area contributed by atoms with Crippen molar-refractivity contribution in [1.29, 1.82) is 0 Å². The van der Waals surface area contributed by atoms with Crippen LogP contribution < -0.4 is 10.6 Å². The molecule has 100 valence electrons. The number of anilines is 1. The molecule has 0 spiro atoms. The van der Waals surface area contributed by atoms with Crippen LogP contribution in [-0.4, -0.2) is 12.6 Å². The van der Waals surface area contributed by atoms with Crippen LogP contribution in [0.5, 0.6) is 0 Å². The fourth-order valence-electron chi connectivity index (χ4n) is 2.82. The fourth-order valence-corrected chi connectivity index (χ4v) is 3.12. The largest absolute Gasteiger partial charge is 0.367 e. The summed E-state index contributed by atoms with van der Waals surface area (Å²) in [5, 5.41) is 0.831. The molecule has 1 aromatic rings. The van der Waals surface area contributed by atoms with Gasteiger partial charge in [0.1, 0.15) is 0 Å². The highest BCUT2D eigenvalue weighted by Gasteiger charge is 2.28. The van der Waals surface area contributed by atoms with Gasteiger partial charge in [-0.1, -0.05) is 31.5 Å². The van der Waals surface area contributed by atoms with Gasteiger partial charge in [-0.2, -0.15) is 0 Å². The molecule has 2 nitrogen and oxygen atoms in total. The lowest BCUT2D eigenvalue weighted by atomic mass is 10.0. The minimum absolute atomic E-state index is 0.0380. The summed E-state index contributed by atoms with van der Waals surface area (Å²) in [6.45, 7) is 7.67. The van der Waals surface area contributed by atoms with Crippen LogP contribution in [0, 0.1) is 5.92 Å². The first kappa shape index (κ1) is 13.7. The first-order valence-electron chi connectivity index (χ1n) is 6.82. The van der Waals surface area contributed by atoms with Crippen LogP contribution in [-0.2, 0) is 0 Å². The van der Waals surface area contributed by atoms with Crippen LogP contribution in [0.25, 0.3) is 0 Å². The van der Waals surface area contributed by atoms with Crippen LogP contribution in [0.3, 0.4) is 0 Å². The molecule has 1 heterocycles. The highest BCUT2D eigenvalue weighted by molar-refractivity contribution is 6.33. The first-order valence-corrected chi connectivity index (χ1v) is 7.20. The summed E-state index contributed by atoms with van der Waals surface area (Å²) in [6, 6.07) is 6.89. The van der Waals surface area contributed by atoms with Crippen molar-refractivity contribution in [1.82, 2.24) is 0 Å². The van der Waals surface area contributed by atoms with Crippen molar-refractivity contribution in [2.24, 2.45) is 11.7 Å². The van der Waals surface area contributed by atoms with Crippen molar-refractivity contribution in [2.75, 3.05) is 11.4 Å². The Morgan fingerprint density at radius 2 is 2.06 bits per heavy atom. The van der Waals surface area contributed by atoms with Gasteiger partial charge < -0.3 is 10.6 Å². The standard InChI is InChI=1S/C15H23ClN2/c1-10(2)14-5-4-8-18(14)15-7-6-12(11(3)17)9-13(15)16/h6-7,9-11,14H,4-5,8,17H2,1-3H3/t11-,14?/m0/s1. The highest BCUT2D eigenvalue weighted by Crippen LogP contribution is 2.35. The molecule has 0 saturated carbocycles. The molecule has 3 heteroatoms. The summed E-state index contributed by atoms with van der Waals surface area (Å²) >= 11 is 6.43. The topological polar surface area (TPSA) is 29.3 Å². The van der Waals surface area contributed by atoms with E-state index in [-0.39, 0.29) is 6.04 Å². The number of nitrogens with zero attached hydrogens (tertiary/aromatic N) is 1. The molecular formula is C15H23ClN2. The summed E-state index contributed by atoms with van der Waals surface area (Å²) in [5.74, 6) is 0.664. The smallest absolute Gasteiger partial charge is 0.0642 e. The molecule has 1 saturated heterocycles. The zero-order valence-corrected chi connectivity index (χ0v) is 12.2. The molecule has 1 fully saturated rings. The monoisotopic (exact) mass is 266 g/mol. The summed E-state index contributed by atoms with van der Waals surface area (Å²) < 4.78 is 0. The molecule has 0 aliphatic carbocycles. The second-order valence-corrected chi connectivity index (χ2v) is 6.05. The van der Waals surface area contributed by atoms with Crippen molar-refractivity contribution in [2.45, 2.75) is 45.7 Å². The molecule has 1 aromatic carbocycles. The van der Waals surface area contributed by atoms with E-state index in [9.17, 15) is 0 Å². The number of halogens is 1. The Balaban J connectivity index is 2.28. The minimum atomic E-state index is 0.0380. The van der Waals surface area contributed by atoms with E-state index in [4.69, 9.17) is 17.3 Å². The van der Waals surface area contributed by atoms with Crippen LogP contribution in [0.4, 0.5) is 5.69 Å². The average molecular weight is 267 g/mol. The second kappa shape index (κ2) is 5.50. The van der Waals surface area contributed by atoms with Crippen molar-refractivity contribution >= 4 is 17.3 Å². The Hall–Kier alpha value is -0.730. The van der Waals surface area contributed by atoms with E-state index in [0.29, 0.717) is 12.0 Å². The van der Waals surface area contributed by atoms with E-state index in [1.807, 2.05) is 13.0 Å². The Morgan fingerprint density at radius 3 is 2.61 bits per heavy atom. The summed E-state index contributed by atoms with van der Waals surface area (Å²) in [6.07, 6.45) is 2.53. The number of rotatable bonds is 3. The van der Waals surface area contributed by atoms with Gasteiger partial charge in [0.05, 0.1) is 10.7 Å². The molecular weight excluding hydrogens is 244 g/mol. The number of benzene rings is 1. The lowest BCUT2D eigenvalue weighted by Gasteiger charge is -2.30. The first-order chi connectivity index (χ1) is 8.50. The SMILES string of the molecule is CC(C)C1CCCN1c1ccc([C@H](C)N)cc1Cl. The molecule has 2 N–H and O–H groups in total. The van der Waals surface area contributed by atoms with Gasteiger partial charge in [-0.25, -0.2) is 0 Å². The van der Waals surface area contributed by atoms with Crippen LogP contribution in [0.2, 0.25) is 5.02 Å². The third-order valence-electron chi connectivity index (χ3n) is 3.88. The predicted octanol–water partition coefficient (Wildman–Crippen LogP) is 3.98. The predicted molar refractivity (Wildman–Crippen MR) is 79.3 cm³/mol. The lowest BCUT2D eigenvalue weighted by molar-refractivity contribution is 0.492.